The van der Waals surface area contributed by atoms with Crippen LogP contribution >= 0.6 is 0 Å². The minimum atomic E-state index is -0.834. The van der Waals surface area contributed by atoms with Crippen molar-refractivity contribution in [2.24, 2.45) is 0 Å². The number of aromatic nitrogens is 2. The third-order valence-electron chi connectivity index (χ3n) is 1.82. The molecule has 17 heavy (non-hydrogen) atoms. The summed E-state index contributed by atoms with van der Waals surface area (Å²) in [6.45, 7) is 6.45. The van der Waals surface area contributed by atoms with Crippen molar-refractivity contribution in [2.45, 2.75) is 32.7 Å². The van der Waals surface area contributed by atoms with Crippen molar-refractivity contribution in [3.8, 4) is 0 Å². The van der Waals surface area contributed by atoms with E-state index in [1.165, 1.54) is 6.33 Å². The number of nitrogens with zero attached hydrogens (tertiary/aromatic N) is 2. The van der Waals surface area contributed by atoms with Crippen LogP contribution in [0.25, 0.3) is 0 Å². The van der Waals surface area contributed by atoms with Gasteiger partial charge in [0.15, 0.2) is 0 Å². The highest BCUT2D eigenvalue weighted by Crippen LogP contribution is 2.14. The Bertz CT molecular complexity index is 387. The summed E-state index contributed by atoms with van der Waals surface area (Å²) < 4.78 is 0. The highest BCUT2D eigenvalue weighted by atomic mass is 16.4. The zero-order chi connectivity index (χ0) is 12.9. The standard InChI is InChI=1S/C11H18N4O2/c1-11(2,3)15-9-6-8(13-7-14-9)12-5-4-10(16)17/h6-7H,4-5H2,1-3H3,(H,16,17)(H2,12,13,14,15). The van der Waals surface area contributed by atoms with Gasteiger partial charge in [-0.1, -0.05) is 0 Å². The van der Waals surface area contributed by atoms with Gasteiger partial charge in [0.05, 0.1) is 6.42 Å². The van der Waals surface area contributed by atoms with Gasteiger partial charge >= 0.3 is 5.97 Å². The Kier molecular flexibility index (Phi) is 4.25. The van der Waals surface area contributed by atoms with Gasteiger partial charge in [0, 0.05) is 18.2 Å². The molecule has 0 unspecified atom stereocenters. The molecule has 0 fully saturated rings. The van der Waals surface area contributed by atoms with Crippen LogP contribution in [-0.4, -0.2) is 33.1 Å². The largest absolute Gasteiger partial charge is 0.481 e. The molecule has 0 aliphatic heterocycles. The van der Waals surface area contributed by atoms with E-state index >= 15 is 0 Å². The quantitative estimate of drug-likeness (QED) is 0.721. The highest BCUT2D eigenvalue weighted by molar-refractivity contribution is 5.67. The van der Waals surface area contributed by atoms with Crippen LogP contribution in [0.1, 0.15) is 27.2 Å². The number of aliphatic carboxylic acids is 1. The third kappa shape index (κ3) is 5.70. The van der Waals surface area contributed by atoms with Gasteiger partial charge in [-0.15, -0.1) is 0 Å². The second-order valence-corrected chi connectivity index (χ2v) is 4.73. The molecular formula is C11H18N4O2. The number of carboxylic acids is 1. The average molecular weight is 238 g/mol. The van der Waals surface area contributed by atoms with Gasteiger partial charge < -0.3 is 15.7 Å². The van der Waals surface area contributed by atoms with Crippen LogP contribution in [0, 0.1) is 0 Å². The second kappa shape index (κ2) is 5.47. The van der Waals surface area contributed by atoms with E-state index in [4.69, 9.17) is 5.11 Å². The normalized spacial score (nSPS) is 11.0. The molecule has 0 atom stereocenters. The first-order valence-corrected chi connectivity index (χ1v) is 5.43. The zero-order valence-corrected chi connectivity index (χ0v) is 10.3. The maximum atomic E-state index is 10.4. The Balaban J connectivity index is 2.57. The molecule has 0 radical (unpaired) electrons. The van der Waals surface area contributed by atoms with Gasteiger partial charge in [-0.25, -0.2) is 9.97 Å². The second-order valence-electron chi connectivity index (χ2n) is 4.73. The molecule has 0 saturated carbocycles. The van der Waals surface area contributed by atoms with Crippen LogP contribution in [0.4, 0.5) is 11.6 Å². The minimum Gasteiger partial charge on any atom is -0.481 e. The van der Waals surface area contributed by atoms with Crippen molar-refractivity contribution in [3.05, 3.63) is 12.4 Å². The van der Waals surface area contributed by atoms with Gasteiger partial charge in [-0.05, 0) is 20.8 Å². The van der Waals surface area contributed by atoms with E-state index < -0.39 is 5.97 Å². The topological polar surface area (TPSA) is 87.1 Å². The van der Waals surface area contributed by atoms with Gasteiger partial charge in [0.1, 0.15) is 18.0 Å². The highest BCUT2D eigenvalue weighted by Gasteiger charge is 2.10. The average Bonchev–Trinajstić information content (AvgIpc) is 2.14. The van der Waals surface area contributed by atoms with Gasteiger partial charge in [0.2, 0.25) is 0 Å². The fourth-order valence-electron chi connectivity index (χ4n) is 1.20. The van der Waals surface area contributed by atoms with E-state index in [0.717, 1.165) is 0 Å². The van der Waals surface area contributed by atoms with Crippen LogP contribution in [0.3, 0.4) is 0 Å². The van der Waals surface area contributed by atoms with Crippen LogP contribution < -0.4 is 10.6 Å². The van der Waals surface area contributed by atoms with Crippen molar-refractivity contribution < 1.29 is 9.90 Å². The minimum absolute atomic E-state index is 0.0615. The summed E-state index contributed by atoms with van der Waals surface area (Å²) in [6.07, 6.45) is 1.50. The molecule has 94 valence electrons. The van der Waals surface area contributed by atoms with Crippen LogP contribution in [-0.2, 0) is 4.79 Å². The molecule has 6 heteroatoms. The summed E-state index contributed by atoms with van der Waals surface area (Å²) in [5.74, 6) is 0.498. The molecule has 1 rings (SSSR count). The lowest BCUT2D eigenvalue weighted by Gasteiger charge is -2.21. The van der Waals surface area contributed by atoms with Crippen LogP contribution in [0.5, 0.6) is 0 Å². The van der Waals surface area contributed by atoms with Crippen molar-refractivity contribution in [3.63, 3.8) is 0 Å². The lowest BCUT2D eigenvalue weighted by molar-refractivity contribution is -0.136. The molecule has 1 aromatic heterocycles. The molecular weight excluding hydrogens is 220 g/mol. The Morgan fingerprint density at radius 2 is 2.00 bits per heavy atom. The molecule has 3 N–H and O–H groups in total. The van der Waals surface area contributed by atoms with Gasteiger partial charge in [-0.3, -0.25) is 4.79 Å². The number of rotatable bonds is 5. The van der Waals surface area contributed by atoms with Crippen LogP contribution in [0.2, 0.25) is 0 Å². The Hall–Kier alpha value is -1.85. The molecule has 1 aromatic rings. The van der Waals surface area contributed by atoms with E-state index in [2.05, 4.69) is 20.6 Å². The monoisotopic (exact) mass is 238 g/mol. The van der Waals surface area contributed by atoms with Gasteiger partial charge in [0.25, 0.3) is 0 Å². The fraction of sp³-hybridized carbons (Fsp3) is 0.545. The maximum Gasteiger partial charge on any atom is 0.305 e. The lowest BCUT2D eigenvalue weighted by Crippen LogP contribution is -2.26. The number of anilines is 2. The van der Waals surface area contributed by atoms with Crippen molar-refractivity contribution in [2.75, 3.05) is 17.2 Å². The summed E-state index contributed by atoms with van der Waals surface area (Å²) in [5, 5.41) is 14.7. The Morgan fingerprint density at radius 3 is 2.59 bits per heavy atom. The van der Waals surface area contributed by atoms with Crippen molar-refractivity contribution in [1.82, 2.24) is 9.97 Å². The Labute approximate surface area is 100 Å². The summed E-state index contributed by atoms with van der Waals surface area (Å²) in [6, 6.07) is 1.76. The van der Waals surface area contributed by atoms with Gasteiger partial charge in [-0.2, -0.15) is 0 Å². The number of carboxylic acid groups (broad SMARTS) is 1. The molecule has 0 aliphatic rings. The first-order chi connectivity index (χ1) is 7.87. The number of hydrogen-bond donors (Lipinski definition) is 3. The molecule has 0 aliphatic carbocycles. The molecule has 0 aromatic carbocycles. The molecule has 6 nitrogen and oxygen atoms in total. The lowest BCUT2D eigenvalue weighted by atomic mass is 10.1. The SMILES string of the molecule is CC(C)(C)Nc1cc(NCCC(=O)O)ncn1. The number of nitrogens with one attached hydrogen (secondary N) is 2. The third-order valence-corrected chi connectivity index (χ3v) is 1.82. The molecule has 0 bridgehead atoms. The smallest absolute Gasteiger partial charge is 0.305 e. The molecule has 1 heterocycles. The van der Waals surface area contributed by atoms with Crippen molar-refractivity contribution in [1.29, 1.82) is 0 Å². The Morgan fingerprint density at radius 1 is 1.35 bits per heavy atom. The molecule has 0 saturated heterocycles. The zero-order valence-electron chi connectivity index (χ0n) is 10.3. The van der Waals surface area contributed by atoms with Crippen LogP contribution in [0.15, 0.2) is 12.4 Å². The molecule has 0 spiro atoms. The van der Waals surface area contributed by atoms with E-state index in [1.54, 1.807) is 6.07 Å². The van der Waals surface area contributed by atoms with Crippen molar-refractivity contribution >= 4 is 17.6 Å². The fourth-order valence-corrected chi connectivity index (χ4v) is 1.20. The van der Waals surface area contributed by atoms with E-state index in [1.807, 2.05) is 20.8 Å². The van der Waals surface area contributed by atoms with E-state index in [9.17, 15) is 4.79 Å². The van der Waals surface area contributed by atoms with E-state index in [0.29, 0.717) is 18.2 Å². The predicted octanol–water partition coefficient (Wildman–Crippen LogP) is 1.57. The summed E-state index contributed by atoms with van der Waals surface area (Å²) in [4.78, 5) is 18.5. The summed E-state index contributed by atoms with van der Waals surface area (Å²) in [7, 11) is 0. The summed E-state index contributed by atoms with van der Waals surface area (Å²) in [5.41, 5.74) is -0.0767. The number of carbonyl (C=O) groups is 1. The predicted molar refractivity (Wildman–Crippen MR) is 66.2 cm³/mol. The molecule has 0 amide bonds. The maximum absolute atomic E-state index is 10.4. The first-order valence-electron chi connectivity index (χ1n) is 5.43. The first kappa shape index (κ1) is 13.2. The number of hydrogen-bond acceptors (Lipinski definition) is 5. The van der Waals surface area contributed by atoms with E-state index in [-0.39, 0.29) is 12.0 Å². The summed E-state index contributed by atoms with van der Waals surface area (Å²) >= 11 is 0.